The molecule has 7 atom stereocenters. The summed E-state index contributed by atoms with van der Waals surface area (Å²) in [4.78, 5) is 0. The number of allylic oxidation sites excluding steroid dienone is 2. The van der Waals surface area contributed by atoms with E-state index in [0.29, 0.717) is 39.6 Å². The lowest BCUT2D eigenvalue weighted by atomic mass is 9.41. The van der Waals surface area contributed by atoms with E-state index in [2.05, 4.69) is 26.8 Å². The molecule has 3 spiro atoms. The van der Waals surface area contributed by atoms with Gasteiger partial charge in [-0.15, -0.1) is 0 Å². The SMILES string of the molecule is CC=C1CC2C(C3(C)CCC4(CC13)OCCO4)C1(OCCO1)C(F)C1(C)C2CCC12OCCO2. The number of hydrogen-bond donors (Lipinski definition) is 0. The molecule has 0 amide bonds. The van der Waals surface area contributed by atoms with Crippen molar-refractivity contribution >= 4 is 0 Å². The fraction of sp³-hybridized carbons (Fsp3) is 0.926. The fourth-order valence-electron chi connectivity index (χ4n) is 9.93. The van der Waals surface area contributed by atoms with Crippen LogP contribution < -0.4 is 0 Å². The third-order valence-corrected chi connectivity index (χ3v) is 11.3. The molecule has 7 heteroatoms. The molecule has 7 unspecified atom stereocenters. The van der Waals surface area contributed by atoms with Gasteiger partial charge in [0.2, 0.25) is 5.79 Å². The van der Waals surface area contributed by atoms with E-state index in [1.54, 1.807) is 0 Å². The van der Waals surface area contributed by atoms with Crippen LogP contribution >= 0.6 is 0 Å². The van der Waals surface area contributed by atoms with Crippen molar-refractivity contribution in [3.8, 4) is 0 Å². The molecule has 0 aromatic heterocycles. The molecule has 3 saturated heterocycles. The molecule has 4 saturated carbocycles. The van der Waals surface area contributed by atoms with Gasteiger partial charge >= 0.3 is 0 Å². The summed E-state index contributed by atoms with van der Waals surface area (Å²) < 4.78 is 55.0. The molecule has 34 heavy (non-hydrogen) atoms. The Hall–Kier alpha value is -0.570. The number of ether oxygens (including phenoxy) is 6. The number of halogens is 1. The predicted octanol–water partition coefficient (Wildman–Crippen LogP) is 4.37. The molecule has 0 bridgehead atoms. The van der Waals surface area contributed by atoms with Crippen LogP contribution in [0.3, 0.4) is 0 Å². The van der Waals surface area contributed by atoms with Crippen molar-refractivity contribution in [1.29, 1.82) is 0 Å². The van der Waals surface area contributed by atoms with Crippen molar-refractivity contribution in [2.45, 2.75) is 82.8 Å². The first-order valence-corrected chi connectivity index (χ1v) is 13.5. The van der Waals surface area contributed by atoms with Gasteiger partial charge in [0.1, 0.15) is 0 Å². The van der Waals surface area contributed by atoms with Crippen molar-refractivity contribution in [2.24, 2.45) is 34.5 Å². The Morgan fingerprint density at radius 1 is 0.853 bits per heavy atom. The molecule has 3 heterocycles. The van der Waals surface area contributed by atoms with E-state index < -0.39 is 28.9 Å². The summed E-state index contributed by atoms with van der Waals surface area (Å²) in [5, 5.41) is 0. The maximum Gasteiger partial charge on any atom is 0.204 e. The van der Waals surface area contributed by atoms with E-state index in [1.807, 2.05) is 0 Å². The molecule has 0 radical (unpaired) electrons. The molecule has 6 nitrogen and oxygen atoms in total. The van der Waals surface area contributed by atoms with Crippen LogP contribution in [0.5, 0.6) is 0 Å². The van der Waals surface area contributed by atoms with Crippen LogP contribution in [0.2, 0.25) is 0 Å². The van der Waals surface area contributed by atoms with Crippen LogP contribution in [-0.2, 0) is 28.4 Å². The molecule has 7 aliphatic rings. The van der Waals surface area contributed by atoms with Gasteiger partial charge < -0.3 is 28.4 Å². The van der Waals surface area contributed by atoms with Crippen LogP contribution in [0.15, 0.2) is 11.6 Å². The predicted molar refractivity (Wildman–Crippen MR) is 120 cm³/mol. The van der Waals surface area contributed by atoms with E-state index in [0.717, 1.165) is 38.5 Å². The fourth-order valence-corrected chi connectivity index (χ4v) is 9.93. The molecule has 0 aromatic carbocycles. The third kappa shape index (κ3) is 2.52. The summed E-state index contributed by atoms with van der Waals surface area (Å²) in [6.07, 6.45) is 6.18. The van der Waals surface area contributed by atoms with Crippen molar-refractivity contribution < 1.29 is 32.8 Å². The topological polar surface area (TPSA) is 55.4 Å². The Bertz CT molecular complexity index is 872. The summed E-state index contributed by atoms with van der Waals surface area (Å²) in [5.74, 6) is -1.96. The minimum atomic E-state index is -1.31. The van der Waals surface area contributed by atoms with Crippen molar-refractivity contribution in [1.82, 2.24) is 0 Å². The van der Waals surface area contributed by atoms with Gasteiger partial charge in [0.25, 0.3) is 0 Å². The summed E-state index contributed by atoms with van der Waals surface area (Å²) in [7, 11) is 0. The molecule has 7 rings (SSSR count). The zero-order valence-electron chi connectivity index (χ0n) is 20.8. The van der Waals surface area contributed by atoms with Gasteiger partial charge in [0.05, 0.1) is 45.1 Å². The van der Waals surface area contributed by atoms with Crippen molar-refractivity contribution in [2.75, 3.05) is 39.6 Å². The molecule has 190 valence electrons. The second-order valence-electron chi connectivity index (χ2n) is 12.2. The molecule has 0 N–H and O–H groups in total. The second kappa shape index (κ2) is 7.26. The highest BCUT2D eigenvalue weighted by Gasteiger charge is 2.80. The Morgan fingerprint density at radius 2 is 1.50 bits per heavy atom. The summed E-state index contributed by atoms with van der Waals surface area (Å²) >= 11 is 0. The highest BCUT2D eigenvalue weighted by atomic mass is 19.1. The van der Waals surface area contributed by atoms with Gasteiger partial charge in [-0.05, 0) is 49.4 Å². The van der Waals surface area contributed by atoms with Crippen LogP contribution in [0.4, 0.5) is 4.39 Å². The average molecular weight is 479 g/mol. The number of hydrogen-bond acceptors (Lipinski definition) is 6. The number of alkyl halides is 1. The lowest BCUT2D eigenvalue weighted by molar-refractivity contribution is -0.370. The minimum Gasteiger partial charge on any atom is -0.348 e. The van der Waals surface area contributed by atoms with Crippen LogP contribution in [0.25, 0.3) is 0 Å². The second-order valence-corrected chi connectivity index (χ2v) is 12.2. The van der Waals surface area contributed by atoms with Gasteiger partial charge in [-0.2, -0.15) is 0 Å². The van der Waals surface area contributed by atoms with Crippen LogP contribution in [0, 0.1) is 34.5 Å². The van der Waals surface area contributed by atoms with E-state index in [1.165, 1.54) is 5.57 Å². The van der Waals surface area contributed by atoms with Gasteiger partial charge in [-0.3, -0.25) is 0 Å². The average Bonchev–Trinajstić information content (AvgIpc) is 3.63. The Kier molecular flexibility index (Phi) is 4.83. The largest absolute Gasteiger partial charge is 0.348 e. The maximum atomic E-state index is 17.3. The Labute approximate surface area is 201 Å². The molecule has 4 aliphatic carbocycles. The van der Waals surface area contributed by atoms with E-state index in [9.17, 15) is 0 Å². The molecular weight excluding hydrogens is 439 g/mol. The summed E-state index contributed by atoms with van der Waals surface area (Å²) in [6.45, 7) is 9.83. The van der Waals surface area contributed by atoms with E-state index in [-0.39, 0.29) is 29.1 Å². The molecule has 3 aliphatic heterocycles. The third-order valence-electron chi connectivity index (χ3n) is 11.3. The smallest absolute Gasteiger partial charge is 0.204 e. The zero-order chi connectivity index (χ0) is 23.4. The molecular formula is C27H39FO6. The maximum absolute atomic E-state index is 17.3. The molecule has 7 fully saturated rings. The Morgan fingerprint density at radius 3 is 2.18 bits per heavy atom. The van der Waals surface area contributed by atoms with Gasteiger partial charge in [-0.1, -0.05) is 25.5 Å². The first-order valence-electron chi connectivity index (χ1n) is 13.5. The molecule has 0 aromatic rings. The quantitative estimate of drug-likeness (QED) is 0.482. The van der Waals surface area contributed by atoms with Crippen molar-refractivity contribution in [3.05, 3.63) is 11.6 Å². The highest BCUT2D eigenvalue weighted by Crippen LogP contribution is 2.74. The standard InChI is InChI=1S/C27H39FO6/c1-4-17-15-18-19-5-6-26(31-11-12-32-26)24(19,3)22(28)27(33-13-14-34-27)21(18)23(2)7-8-25(16-20(17)23)29-9-10-30-25/h4,18-22H,5-16H2,1-3H3. The van der Waals surface area contributed by atoms with Crippen molar-refractivity contribution in [3.63, 3.8) is 0 Å². The van der Waals surface area contributed by atoms with Gasteiger partial charge in [-0.25, -0.2) is 4.39 Å². The first kappa shape index (κ1) is 22.6. The van der Waals surface area contributed by atoms with E-state index >= 15 is 4.39 Å². The lowest BCUT2D eigenvalue weighted by Gasteiger charge is -2.67. The van der Waals surface area contributed by atoms with Gasteiger partial charge in [0.15, 0.2) is 17.7 Å². The van der Waals surface area contributed by atoms with Gasteiger partial charge in [0, 0.05) is 25.2 Å². The minimum absolute atomic E-state index is 0.0282. The van der Waals surface area contributed by atoms with Crippen LogP contribution in [0.1, 0.15) is 59.3 Å². The number of fused-ring (bicyclic) bond motifs is 7. The monoisotopic (exact) mass is 478 g/mol. The zero-order valence-corrected chi connectivity index (χ0v) is 20.8. The Balaban J connectivity index is 1.36. The first-order chi connectivity index (χ1) is 16.3. The highest BCUT2D eigenvalue weighted by molar-refractivity contribution is 5.28. The summed E-state index contributed by atoms with van der Waals surface area (Å²) in [6, 6.07) is 0. The lowest BCUT2D eigenvalue weighted by Crippen LogP contribution is -2.73. The number of rotatable bonds is 0. The summed E-state index contributed by atoms with van der Waals surface area (Å²) in [5.41, 5.74) is 0.503. The van der Waals surface area contributed by atoms with Crippen LogP contribution in [-0.4, -0.2) is 63.2 Å². The van der Waals surface area contributed by atoms with E-state index in [4.69, 9.17) is 28.4 Å². The normalized spacial score (nSPS) is 51.3.